The second-order valence-corrected chi connectivity index (χ2v) is 4.97. The molecule has 0 fully saturated rings. The molecule has 0 saturated carbocycles. The minimum Gasteiger partial charge on any atom is -0.338 e. The summed E-state index contributed by atoms with van der Waals surface area (Å²) in [7, 11) is 0. The molecule has 0 unspecified atom stereocenters. The van der Waals surface area contributed by atoms with Crippen molar-refractivity contribution >= 4 is 57.3 Å². The highest BCUT2D eigenvalue weighted by molar-refractivity contribution is 14.1. The lowest BCUT2D eigenvalue weighted by molar-refractivity contribution is 1.15. The molecule has 6 heteroatoms. The van der Waals surface area contributed by atoms with E-state index in [1.807, 2.05) is 0 Å². The second kappa shape index (κ2) is 5.16. The molecule has 1 N–H and O–H groups in total. The third-order valence-corrected chi connectivity index (χ3v) is 3.20. The molecule has 0 radical (unpaired) electrons. The first-order valence-corrected chi connectivity index (χ1v) is 6.18. The minimum absolute atomic E-state index is 0.596. The van der Waals surface area contributed by atoms with Crippen molar-refractivity contribution in [1.29, 1.82) is 0 Å². The predicted molar refractivity (Wildman–Crippen MR) is 74.5 cm³/mol. The van der Waals surface area contributed by atoms with Crippen LogP contribution in [0.5, 0.6) is 0 Å². The Labute approximate surface area is 116 Å². The Morgan fingerprint density at radius 3 is 2.81 bits per heavy atom. The molecule has 0 saturated heterocycles. The Hall–Kier alpha value is -0.590. The van der Waals surface area contributed by atoms with Crippen LogP contribution < -0.4 is 5.32 Å². The van der Waals surface area contributed by atoms with Gasteiger partial charge in [0.15, 0.2) is 0 Å². The summed E-state index contributed by atoms with van der Waals surface area (Å²) >= 11 is 14.1. The number of rotatable bonds is 2. The lowest BCUT2D eigenvalue weighted by atomic mass is 10.3. The van der Waals surface area contributed by atoms with E-state index in [0.29, 0.717) is 15.9 Å². The maximum Gasteiger partial charge on any atom is 0.147 e. The Kier molecular flexibility index (Phi) is 3.83. The summed E-state index contributed by atoms with van der Waals surface area (Å²) in [6.07, 6.45) is 3.19. The topological polar surface area (TPSA) is 37.8 Å². The molecular formula is C10H6Cl2IN3. The predicted octanol–water partition coefficient (Wildman–Crippen LogP) is 4.13. The van der Waals surface area contributed by atoms with E-state index in [0.717, 1.165) is 9.26 Å². The van der Waals surface area contributed by atoms with E-state index in [2.05, 4.69) is 37.9 Å². The average molecular weight is 366 g/mol. The van der Waals surface area contributed by atoms with Gasteiger partial charge < -0.3 is 5.32 Å². The molecule has 2 aromatic rings. The minimum atomic E-state index is 0.596. The van der Waals surface area contributed by atoms with Gasteiger partial charge in [0, 0.05) is 11.2 Å². The van der Waals surface area contributed by atoms with Crippen LogP contribution in [0.3, 0.4) is 0 Å². The van der Waals surface area contributed by atoms with E-state index in [1.165, 1.54) is 6.33 Å². The molecule has 0 aliphatic heterocycles. The monoisotopic (exact) mass is 365 g/mol. The van der Waals surface area contributed by atoms with Crippen LogP contribution in [0.25, 0.3) is 0 Å². The molecule has 1 aromatic carbocycles. The van der Waals surface area contributed by atoms with Gasteiger partial charge in [0.25, 0.3) is 0 Å². The van der Waals surface area contributed by atoms with E-state index in [4.69, 9.17) is 23.2 Å². The van der Waals surface area contributed by atoms with Crippen LogP contribution in [-0.2, 0) is 0 Å². The molecule has 0 aliphatic rings. The summed E-state index contributed by atoms with van der Waals surface area (Å²) in [6.45, 7) is 0. The zero-order valence-electron chi connectivity index (χ0n) is 7.92. The highest BCUT2D eigenvalue weighted by Gasteiger charge is 2.05. The van der Waals surface area contributed by atoms with Gasteiger partial charge in [-0.05, 0) is 40.8 Å². The molecule has 0 spiro atoms. The molecule has 16 heavy (non-hydrogen) atoms. The van der Waals surface area contributed by atoms with E-state index in [-0.39, 0.29) is 0 Å². The molecule has 1 heterocycles. The molecule has 1 aromatic heterocycles. The number of hydrogen-bond acceptors (Lipinski definition) is 3. The van der Waals surface area contributed by atoms with Crippen molar-refractivity contribution in [3.63, 3.8) is 0 Å². The lowest BCUT2D eigenvalue weighted by Crippen LogP contribution is -1.97. The average Bonchev–Trinajstić information content (AvgIpc) is 2.27. The number of nitrogens with zero attached hydrogens (tertiary/aromatic N) is 2. The molecule has 3 nitrogen and oxygen atoms in total. The zero-order chi connectivity index (χ0) is 11.5. The molecular weight excluding hydrogens is 360 g/mol. The summed E-state index contributed by atoms with van der Waals surface area (Å²) in [5.74, 6) is 0.708. The molecule has 0 aliphatic carbocycles. The van der Waals surface area contributed by atoms with Gasteiger partial charge in [-0.25, -0.2) is 9.97 Å². The van der Waals surface area contributed by atoms with Crippen molar-refractivity contribution in [1.82, 2.24) is 9.97 Å². The van der Waals surface area contributed by atoms with Crippen LogP contribution in [0.2, 0.25) is 10.0 Å². The standard InChI is InChI=1S/C10H6Cl2IN3/c11-6-1-2-7(12)9(3-6)16-10-8(13)4-14-5-15-10/h1-5H,(H,14,15,16). The van der Waals surface area contributed by atoms with Crippen LogP contribution >= 0.6 is 45.8 Å². The fourth-order valence-electron chi connectivity index (χ4n) is 1.13. The third-order valence-electron chi connectivity index (χ3n) is 1.85. The van der Waals surface area contributed by atoms with E-state index in [1.54, 1.807) is 24.4 Å². The largest absolute Gasteiger partial charge is 0.338 e. The summed E-state index contributed by atoms with van der Waals surface area (Å²) in [6, 6.07) is 5.22. The zero-order valence-corrected chi connectivity index (χ0v) is 11.6. The fourth-order valence-corrected chi connectivity index (χ4v) is 1.90. The van der Waals surface area contributed by atoms with Crippen molar-refractivity contribution < 1.29 is 0 Å². The second-order valence-electron chi connectivity index (χ2n) is 2.97. The van der Waals surface area contributed by atoms with Crippen LogP contribution in [-0.4, -0.2) is 9.97 Å². The normalized spacial score (nSPS) is 10.2. The van der Waals surface area contributed by atoms with Crippen LogP contribution in [0.1, 0.15) is 0 Å². The van der Waals surface area contributed by atoms with Crippen molar-refractivity contribution in [3.05, 3.63) is 44.3 Å². The summed E-state index contributed by atoms with van der Waals surface area (Å²) < 4.78 is 0.913. The fraction of sp³-hybridized carbons (Fsp3) is 0. The maximum absolute atomic E-state index is 6.03. The number of benzene rings is 1. The third kappa shape index (κ3) is 2.75. The van der Waals surface area contributed by atoms with E-state index in [9.17, 15) is 0 Å². The molecule has 0 amide bonds. The van der Waals surface area contributed by atoms with Crippen LogP contribution in [0.15, 0.2) is 30.7 Å². The van der Waals surface area contributed by atoms with E-state index >= 15 is 0 Å². The Morgan fingerprint density at radius 1 is 1.25 bits per heavy atom. The first-order chi connectivity index (χ1) is 7.66. The van der Waals surface area contributed by atoms with Crippen molar-refractivity contribution in [2.45, 2.75) is 0 Å². The van der Waals surface area contributed by atoms with Crippen LogP contribution in [0, 0.1) is 3.57 Å². The van der Waals surface area contributed by atoms with E-state index < -0.39 is 0 Å². The van der Waals surface area contributed by atoms with Crippen molar-refractivity contribution in [2.75, 3.05) is 5.32 Å². The maximum atomic E-state index is 6.03. The van der Waals surface area contributed by atoms with Gasteiger partial charge in [0.2, 0.25) is 0 Å². The number of aromatic nitrogens is 2. The quantitative estimate of drug-likeness (QED) is 0.813. The van der Waals surface area contributed by atoms with Gasteiger partial charge in [-0.1, -0.05) is 23.2 Å². The summed E-state index contributed by atoms with van der Waals surface area (Å²) in [5.41, 5.74) is 0.728. The highest BCUT2D eigenvalue weighted by atomic mass is 127. The molecule has 2 rings (SSSR count). The van der Waals surface area contributed by atoms with Gasteiger partial charge in [-0.3, -0.25) is 0 Å². The Balaban J connectivity index is 2.34. The molecule has 0 bridgehead atoms. The summed E-state index contributed by atoms with van der Waals surface area (Å²) in [5, 5.41) is 4.32. The number of hydrogen-bond donors (Lipinski definition) is 1. The molecule has 0 atom stereocenters. The van der Waals surface area contributed by atoms with Gasteiger partial charge in [0.05, 0.1) is 14.3 Å². The van der Waals surface area contributed by atoms with Gasteiger partial charge >= 0.3 is 0 Å². The number of anilines is 2. The highest BCUT2D eigenvalue weighted by Crippen LogP contribution is 2.28. The van der Waals surface area contributed by atoms with Crippen molar-refractivity contribution in [2.24, 2.45) is 0 Å². The Morgan fingerprint density at radius 2 is 2.06 bits per heavy atom. The summed E-state index contributed by atoms with van der Waals surface area (Å²) in [4.78, 5) is 8.02. The Bertz CT molecular complexity index is 519. The number of nitrogens with one attached hydrogen (secondary N) is 1. The first kappa shape index (κ1) is 11.9. The first-order valence-electron chi connectivity index (χ1n) is 4.34. The number of halogens is 3. The van der Waals surface area contributed by atoms with Crippen molar-refractivity contribution in [3.8, 4) is 0 Å². The van der Waals surface area contributed by atoms with Gasteiger partial charge in [-0.2, -0.15) is 0 Å². The van der Waals surface area contributed by atoms with Gasteiger partial charge in [-0.15, -0.1) is 0 Å². The van der Waals surface area contributed by atoms with Gasteiger partial charge in [0.1, 0.15) is 12.1 Å². The SMILES string of the molecule is Clc1ccc(Cl)c(Nc2ncncc2I)c1. The molecule has 82 valence electrons. The van der Waals surface area contributed by atoms with Crippen LogP contribution in [0.4, 0.5) is 11.5 Å². The lowest BCUT2D eigenvalue weighted by Gasteiger charge is -2.08. The smallest absolute Gasteiger partial charge is 0.147 e.